The molecule has 0 aliphatic heterocycles. The van der Waals surface area contributed by atoms with Crippen molar-refractivity contribution in [2.75, 3.05) is 5.32 Å². The van der Waals surface area contributed by atoms with E-state index in [0.717, 1.165) is 27.8 Å². The summed E-state index contributed by atoms with van der Waals surface area (Å²) in [7, 11) is 0. The zero-order chi connectivity index (χ0) is 19.9. The van der Waals surface area contributed by atoms with E-state index in [4.69, 9.17) is 4.74 Å². The van der Waals surface area contributed by atoms with E-state index < -0.39 is 6.04 Å². The fraction of sp³-hybridized carbons (Fsp3) is 0.261. The maximum absolute atomic E-state index is 12.7. The summed E-state index contributed by atoms with van der Waals surface area (Å²) in [4.78, 5) is 15.9. The lowest BCUT2D eigenvalue weighted by Gasteiger charge is -2.22. The van der Waals surface area contributed by atoms with Gasteiger partial charge in [0.05, 0.1) is 5.69 Å². The van der Waals surface area contributed by atoms with Gasteiger partial charge in [0.1, 0.15) is 12.6 Å². The number of halogens is 1. The molecule has 0 aliphatic rings. The molecule has 3 rings (SSSR count). The van der Waals surface area contributed by atoms with Crippen molar-refractivity contribution in [3.05, 3.63) is 88.2 Å². The van der Waals surface area contributed by atoms with E-state index in [1.54, 1.807) is 0 Å². The first kappa shape index (κ1) is 20.2. The standard InChI is InChI=1S/C23H25BrN2O2/c1-16(2)22(26-20-10-8-19(24)9-11-20)23(27)28-15-21-18(12-13-25-21)14-17-6-4-3-5-7-17/h3-13,16,22,25-26H,14-15H2,1-2H3. The molecular formula is C23H25BrN2O2. The smallest absolute Gasteiger partial charge is 0.329 e. The molecule has 0 saturated heterocycles. The van der Waals surface area contributed by atoms with E-state index in [1.807, 2.05) is 68.6 Å². The highest BCUT2D eigenvalue weighted by atomic mass is 79.9. The minimum Gasteiger partial charge on any atom is -0.458 e. The molecule has 5 heteroatoms. The molecule has 0 bridgehead atoms. The maximum Gasteiger partial charge on any atom is 0.329 e. The van der Waals surface area contributed by atoms with Crippen LogP contribution in [0.3, 0.4) is 0 Å². The first-order valence-electron chi connectivity index (χ1n) is 9.40. The fourth-order valence-electron chi connectivity index (χ4n) is 3.01. The van der Waals surface area contributed by atoms with E-state index in [0.29, 0.717) is 0 Å². The highest BCUT2D eigenvalue weighted by Gasteiger charge is 2.24. The van der Waals surface area contributed by atoms with Crippen molar-refractivity contribution in [2.45, 2.75) is 32.9 Å². The van der Waals surface area contributed by atoms with Gasteiger partial charge in [-0.15, -0.1) is 0 Å². The second kappa shape index (κ2) is 9.60. The molecule has 1 unspecified atom stereocenters. The number of carbonyl (C=O) groups is 1. The van der Waals surface area contributed by atoms with Crippen molar-refractivity contribution >= 4 is 27.6 Å². The predicted molar refractivity (Wildman–Crippen MR) is 116 cm³/mol. The summed E-state index contributed by atoms with van der Waals surface area (Å²) in [5.41, 5.74) is 4.19. The largest absolute Gasteiger partial charge is 0.458 e. The molecule has 0 spiro atoms. The Morgan fingerprint density at radius 2 is 1.79 bits per heavy atom. The molecule has 1 aromatic heterocycles. The number of nitrogens with one attached hydrogen (secondary N) is 2. The Hall–Kier alpha value is -2.53. The number of esters is 1. The molecule has 3 aromatic rings. The number of rotatable bonds is 8. The summed E-state index contributed by atoms with van der Waals surface area (Å²) in [6.45, 7) is 4.25. The number of H-pyrrole nitrogens is 1. The summed E-state index contributed by atoms with van der Waals surface area (Å²) in [6.07, 6.45) is 2.70. The van der Waals surface area contributed by atoms with Crippen molar-refractivity contribution in [1.82, 2.24) is 4.98 Å². The number of aromatic nitrogens is 1. The molecule has 28 heavy (non-hydrogen) atoms. The molecule has 146 valence electrons. The third kappa shape index (κ3) is 5.49. The summed E-state index contributed by atoms with van der Waals surface area (Å²) in [5.74, 6) is -0.151. The number of hydrogen-bond donors (Lipinski definition) is 2. The Labute approximate surface area is 174 Å². The van der Waals surface area contributed by atoms with Gasteiger partial charge in [0, 0.05) is 16.4 Å². The Kier molecular flexibility index (Phi) is 6.93. The number of anilines is 1. The van der Waals surface area contributed by atoms with Gasteiger partial charge in [-0.3, -0.25) is 0 Å². The highest BCUT2D eigenvalue weighted by molar-refractivity contribution is 9.10. The number of benzene rings is 2. The number of hydrogen-bond acceptors (Lipinski definition) is 3. The molecule has 0 saturated carbocycles. The monoisotopic (exact) mass is 440 g/mol. The summed E-state index contributed by atoms with van der Waals surface area (Å²) in [5, 5.41) is 3.28. The zero-order valence-corrected chi connectivity index (χ0v) is 17.7. The van der Waals surface area contributed by atoms with Crippen LogP contribution in [0, 0.1) is 5.92 Å². The summed E-state index contributed by atoms with van der Waals surface area (Å²) in [6, 6.07) is 19.7. The van der Waals surface area contributed by atoms with Crippen LogP contribution in [0.25, 0.3) is 0 Å². The normalized spacial score (nSPS) is 12.0. The van der Waals surface area contributed by atoms with Crippen molar-refractivity contribution in [1.29, 1.82) is 0 Å². The second-order valence-corrected chi connectivity index (χ2v) is 8.04. The lowest BCUT2D eigenvalue weighted by atomic mass is 10.0. The van der Waals surface area contributed by atoms with Crippen molar-refractivity contribution in [2.24, 2.45) is 5.92 Å². The second-order valence-electron chi connectivity index (χ2n) is 7.12. The molecule has 1 atom stereocenters. The van der Waals surface area contributed by atoms with Crippen molar-refractivity contribution in [3.63, 3.8) is 0 Å². The lowest BCUT2D eigenvalue weighted by molar-refractivity contribution is -0.147. The van der Waals surface area contributed by atoms with Crippen LogP contribution in [-0.2, 0) is 22.6 Å². The maximum atomic E-state index is 12.7. The Morgan fingerprint density at radius 3 is 2.46 bits per heavy atom. The van der Waals surface area contributed by atoms with Crippen LogP contribution in [0.1, 0.15) is 30.7 Å². The highest BCUT2D eigenvalue weighted by Crippen LogP contribution is 2.19. The van der Waals surface area contributed by atoms with E-state index in [9.17, 15) is 4.79 Å². The summed E-state index contributed by atoms with van der Waals surface area (Å²) < 4.78 is 6.64. The topological polar surface area (TPSA) is 54.1 Å². The number of aromatic amines is 1. The van der Waals surface area contributed by atoms with Gasteiger partial charge in [0.15, 0.2) is 0 Å². The van der Waals surface area contributed by atoms with Crippen LogP contribution in [-0.4, -0.2) is 17.0 Å². The quantitative estimate of drug-likeness (QED) is 0.451. The van der Waals surface area contributed by atoms with Gasteiger partial charge in [0.2, 0.25) is 0 Å². The first-order valence-corrected chi connectivity index (χ1v) is 10.2. The number of carbonyl (C=O) groups excluding carboxylic acids is 1. The van der Waals surface area contributed by atoms with Crippen LogP contribution in [0.2, 0.25) is 0 Å². The average Bonchev–Trinajstić information content (AvgIpc) is 3.13. The van der Waals surface area contributed by atoms with Crippen LogP contribution in [0.4, 0.5) is 5.69 Å². The molecule has 2 N–H and O–H groups in total. The predicted octanol–water partition coefficient (Wildman–Crippen LogP) is 5.55. The van der Waals surface area contributed by atoms with Gasteiger partial charge in [-0.25, -0.2) is 4.79 Å². The Bertz CT molecular complexity index is 888. The molecular weight excluding hydrogens is 416 g/mol. The van der Waals surface area contributed by atoms with Gasteiger partial charge in [-0.1, -0.05) is 60.1 Å². The van der Waals surface area contributed by atoms with Gasteiger partial charge in [-0.2, -0.15) is 0 Å². The van der Waals surface area contributed by atoms with Crippen LogP contribution in [0.15, 0.2) is 71.3 Å². The average molecular weight is 441 g/mol. The molecule has 2 aromatic carbocycles. The third-order valence-corrected chi connectivity index (χ3v) is 5.14. The van der Waals surface area contributed by atoms with Gasteiger partial charge < -0.3 is 15.0 Å². The van der Waals surface area contributed by atoms with Gasteiger partial charge in [0.25, 0.3) is 0 Å². The number of ether oxygens (including phenoxy) is 1. The zero-order valence-electron chi connectivity index (χ0n) is 16.1. The lowest BCUT2D eigenvalue weighted by Crippen LogP contribution is -2.36. The Balaban J connectivity index is 1.62. The van der Waals surface area contributed by atoms with Crippen molar-refractivity contribution < 1.29 is 9.53 Å². The van der Waals surface area contributed by atoms with Crippen LogP contribution in [0.5, 0.6) is 0 Å². The molecule has 0 radical (unpaired) electrons. The van der Waals surface area contributed by atoms with Gasteiger partial charge in [-0.05, 0) is 53.8 Å². The third-order valence-electron chi connectivity index (χ3n) is 4.61. The van der Waals surface area contributed by atoms with Crippen LogP contribution < -0.4 is 5.32 Å². The molecule has 0 amide bonds. The molecule has 0 fully saturated rings. The fourth-order valence-corrected chi connectivity index (χ4v) is 3.27. The van der Waals surface area contributed by atoms with E-state index in [2.05, 4.69) is 38.4 Å². The minimum atomic E-state index is -0.409. The minimum absolute atomic E-state index is 0.101. The van der Waals surface area contributed by atoms with E-state index in [-0.39, 0.29) is 18.5 Å². The van der Waals surface area contributed by atoms with E-state index >= 15 is 0 Å². The Morgan fingerprint density at radius 1 is 1.07 bits per heavy atom. The van der Waals surface area contributed by atoms with Crippen LogP contribution >= 0.6 is 15.9 Å². The molecule has 0 aliphatic carbocycles. The molecule has 1 heterocycles. The molecule has 4 nitrogen and oxygen atoms in total. The van der Waals surface area contributed by atoms with Gasteiger partial charge >= 0.3 is 5.97 Å². The van der Waals surface area contributed by atoms with E-state index in [1.165, 1.54) is 5.56 Å². The first-order chi connectivity index (χ1) is 13.5. The SMILES string of the molecule is CC(C)C(Nc1ccc(Br)cc1)C(=O)OCc1[nH]ccc1Cc1ccccc1. The summed E-state index contributed by atoms with van der Waals surface area (Å²) >= 11 is 3.42. The van der Waals surface area contributed by atoms with Crippen molar-refractivity contribution in [3.8, 4) is 0 Å².